The van der Waals surface area contributed by atoms with Crippen molar-refractivity contribution >= 4 is 5.82 Å². The van der Waals surface area contributed by atoms with Crippen LogP contribution in [0.2, 0.25) is 0 Å². The Hall–Kier alpha value is -3.53. The maximum Gasteiger partial charge on any atom is 0.142 e. The zero-order chi connectivity index (χ0) is 19.6. The van der Waals surface area contributed by atoms with Crippen molar-refractivity contribution in [2.75, 3.05) is 12.8 Å². The summed E-state index contributed by atoms with van der Waals surface area (Å²) in [6.45, 7) is 3.98. The fourth-order valence-corrected chi connectivity index (χ4v) is 2.65. The van der Waals surface area contributed by atoms with Gasteiger partial charge in [0.05, 0.1) is 12.8 Å². The molecule has 0 aliphatic carbocycles. The Morgan fingerprint density at radius 2 is 1.85 bits per heavy atom. The van der Waals surface area contributed by atoms with Gasteiger partial charge in [-0.1, -0.05) is 13.8 Å². The van der Waals surface area contributed by atoms with Gasteiger partial charge in [-0.3, -0.25) is 0 Å². The van der Waals surface area contributed by atoms with Crippen molar-refractivity contribution in [2.45, 2.75) is 19.8 Å². The van der Waals surface area contributed by atoms with E-state index in [2.05, 4.69) is 21.0 Å². The summed E-state index contributed by atoms with van der Waals surface area (Å²) in [7, 11) is 1.46. The first kappa shape index (κ1) is 18.3. The number of rotatable bonds is 4. The average Bonchev–Trinajstić information content (AvgIpc) is 2.67. The van der Waals surface area contributed by atoms with E-state index >= 15 is 0 Å². The normalized spacial score (nSPS) is 10.7. The van der Waals surface area contributed by atoms with Crippen molar-refractivity contribution in [1.29, 1.82) is 5.26 Å². The van der Waals surface area contributed by atoms with Crippen molar-refractivity contribution in [2.24, 2.45) is 0 Å². The van der Waals surface area contributed by atoms with Crippen LogP contribution in [0.1, 0.15) is 31.2 Å². The number of hydrogen-bond acceptors (Lipinski definition) is 6. The minimum atomic E-state index is -0.497. The van der Waals surface area contributed by atoms with Gasteiger partial charge in [0, 0.05) is 41.1 Å². The number of hydrogen-bond donors (Lipinski definition) is 1. The summed E-state index contributed by atoms with van der Waals surface area (Å²) < 4.78 is 19.5. The van der Waals surface area contributed by atoms with Crippen molar-refractivity contribution < 1.29 is 9.13 Å². The Morgan fingerprint density at radius 1 is 1.15 bits per heavy atom. The van der Waals surface area contributed by atoms with Gasteiger partial charge < -0.3 is 10.5 Å². The average molecular weight is 363 g/mol. The van der Waals surface area contributed by atoms with Gasteiger partial charge in [0.15, 0.2) is 0 Å². The van der Waals surface area contributed by atoms with Gasteiger partial charge in [0.25, 0.3) is 0 Å². The Bertz CT molecular complexity index is 1030. The molecule has 0 bridgehead atoms. The molecule has 0 fully saturated rings. The molecule has 0 unspecified atom stereocenters. The predicted octanol–water partition coefficient (Wildman–Crippen LogP) is 3.93. The predicted molar refractivity (Wildman–Crippen MR) is 100 cm³/mol. The van der Waals surface area contributed by atoms with Crippen LogP contribution in [0, 0.1) is 17.1 Å². The van der Waals surface area contributed by atoms with E-state index in [4.69, 9.17) is 10.5 Å². The molecule has 2 heterocycles. The number of halogens is 1. The number of aromatic nitrogens is 3. The van der Waals surface area contributed by atoms with Gasteiger partial charge in [0.2, 0.25) is 0 Å². The SMILES string of the molecule is COc1ccc(-c2cc(-c3cnc(C(C)C)nc3)c(C#N)c(N)n2)c(F)c1. The highest BCUT2D eigenvalue weighted by atomic mass is 19.1. The molecule has 3 aromatic rings. The molecule has 2 N–H and O–H groups in total. The van der Waals surface area contributed by atoms with Crippen LogP contribution in [-0.2, 0) is 0 Å². The quantitative estimate of drug-likeness (QED) is 0.754. The van der Waals surface area contributed by atoms with E-state index in [1.807, 2.05) is 13.8 Å². The molecular weight excluding hydrogens is 345 g/mol. The van der Waals surface area contributed by atoms with E-state index in [9.17, 15) is 9.65 Å². The number of pyridine rings is 1. The van der Waals surface area contributed by atoms with Crippen LogP contribution in [0.15, 0.2) is 36.7 Å². The van der Waals surface area contributed by atoms with E-state index in [0.29, 0.717) is 28.4 Å². The van der Waals surface area contributed by atoms with E-state index in [0.717, 1.165) is 0 Å². The minimum Gasteiger partial charge on any atom is -0.497 e. The van der Waals surface area contributed by atoms with Crippen LogP contribution in [0.3, 0.4) is 0 Å². The number of nitriles is 1. The van der Waals surface area contributed by atoms with Gasteiger partial charge in [0.1, 0.15) is 34.8 Å². The first-order valence-corrected chi connectivity index (χ1v) is 8.31. The molecule has 0 amide bonds. The summed E-state index contributed by atoms with van der Waals surface area (Å²) in [6.07, 6.45) is 3.26. The molecule has 0 saturated heterocycles. The highest BCUT2D eigenvalue weighted by molar-refractivity contribution is 5.79. The molecule has 0 atom stereocenters. The van der Waals surface area contributed by atoms with E-state index in [-0.39, 0.29) is 22.9 Å². The molecule has 0 aliphatic rings. The summed E-state index contributed by atoms with van der Waals surface area (Å²) in [5.74, 6) is 0.800. The second kappa shape index (κ2) is 7.38. The lowest BCUT2D eigenvalue weighted by Gasteiger charge is -2.11. The van der Waals surface area contributed by atoms with Gasteiger partial charge in [-0.15, -0.1) is 0 Å². The number of ether oxygens (including phenoxy) is 1. The molecular formula is C20H18FN5O. The molecule has 3 rings (SSSR count). The molecule has 1 aromatic carbocycles. The van der Waals surface area contributed by atoms with Crippen LogP contribution < -0.4 is 10.5 Å². The maximum absolute atomic E-state index is 14.5. The van der Waals surface area contributed by atoms with Crippen molar-refractivity contribution in [3.63, 3.8) is 0 Å². The fourth-order valence-electron chi connectivity index (χ4n) is 2.65. The highest BCUT2D eigenvalue weighted by Crippen LogP contribution is 2.32. The van der Waals surface area contributed by atoms with Crippen LogP contribution in [0.25, 0.3) is 22.4 Å². The Balaban J connectivity index is 2.16. The topological polar surface area (TPSA) is 97.7 Å². The molecule has 0 radical (unpaired) electrons. The first-order chi connectivity index (χ1) is 12.9. The van der Waals surface area contributed by atoms with E-state index in [1.54, 1.807) is 30.6 Å². The second-order valence-electron chi connectivity index (χ2n) is 6.26. The third-order valence-electron chi connectivity index (χ3n) is 4.11. The molecule has 27 heavy (non-hydrogen) atoms. The summed E-state index contributed by atoms with van der Waals surface area (Å²) in [4.78, 5) is 12.9. The molecule has 2 aromatic heterocycles. The third kappa shape index (κ3) is 3.55. The smallest absolute Gasteiger partial charge is 0.142 e. The maximum atomic E-state index is 14.5. The third-order valence-corrected chi connectivity index (χ3v) is 4.11. The minimum absolute atomic E-state index is 0.0214. The number of anilines is 1. The number of nitrogens with zero attached hydrogens (tertiary/aromatic N) is 4. The summed E-state index contributed by atoms with van der Waals surface area (Å²) in [5.41, 5.74) is 7.86. The largest absolute Gasteiger partial charge is 0.497 e. The highest BCUT2D eigenvalue weighted by Gasteiger charge is 2.17. The Morgan fingerprint density at radius 3 is 2.41 bits per heavy atom. The first-order valence-electron chi connectivity index (χ1n) is 8.31. The second-order valence-corrected chi connectivity index (χ2v) is 6.26. The molecule has 136 valence electrons. The molecule has 6 nitrogen and oxygen atoms in total. The lowest BCUT2D eigenvalue weighted by Crippen LogP contribution is -2.02. The van der Waals surface area contributed by atoms with Crippen LogP contribution in [-0.4, -0.2) is 22.1 Å². The van der Waals surface area contributed by atoms with Crippen LogP contribution >= 0.6 is 0 Å². The fraction of sp³-hybridized carbons (Fsp3) is 0.200. The van der Waals surface area contributed by atoms with Crippen molar-refractivity contribution in [3.8, 4) is 34.2 Å². The van der Waals surface area contributed by atoms with Crippen LogP contribution in [0.5, 0.6) is 5.75 Å². The number of methoxy groups -OCH3 is 1. The zero-order valence-corrected chi connectivity index (χ0v) is 15.2. The summed E-state index contributed by atoms with van der Waals surface area (Å²) in [6, 6.07) is 8.14. The van der Waals surface area contributed by atoms with Gasteiger partial charge >= 0.3 is 0 Å². The number of nitrogens with two attached hydrogens (primary N) is 1. The lowest BCUT2D eigenvalue weighted by atomic mass is 10.00. The van der Waals surface area contributed by atoms with E-state index < -0.39 is 5.82 Å². The molecule has 0 saturated carbocycles. The monoisotopic (exact) mass is 363 g/mol. The molecule has 7 heteroatoms. The van der Waals surface area contributed by atoms with Gasteiger partial charge in [-0.2, -0.15) is 5.26 Å². The van der Waals surface area contributed by atoms with Crippen LogP contribution in [0.4, 0.5) is 10.2 Å². The lowest BCUT2D eigenvalue weighted by molar-refractivity contribution is 0.411. The van der Waals surface area contributed by atoms with Gasteiger partial charge in [-0.05, 0) is 18.2 Å². The standard InChI is InChI=1S/C20H18FN5O/c1-11(2)20-24-9-12(10-25-20)15-7-18(26-19(23)16(15)8-22)14-5-4-13(27-3)6-17(14)21/h4-7,9-11H,1-3H3,(H2,23,26). The Labute approximate surface area is 156 Å². The summed E-state index contributed by atoms with van der Waals surface area (Å²) >= 11 is 0. The zero-order valence-electron chi connectivity index (χ0n) is 15.2. The number of nitrogen functional groups attached to an aromatic ring is 1. The molecule has 0 spiro atoms. The van der Waals surface area contributed by atoms with Gasteiger partial charge in [-0.25, -0.2) is 19.3 Å². The van der Waals surface area contributed by atoms with Crippen molar-refractivity contribution in [1.82, 2.24) is 15.0 Å². The molecule has 0 aliphatic heterocycles. The van der Waals surface area contributed by atoms with E-state index in [1.165, 1.54) is 13.2 Å². The summed E-state index contributed by atoms with van der Waals surface area (Å²) in [5, 5.41) is 9.49. The number of benzene rings is 1. The van der Waals surface area contributed by atoms with Crippen molar-refractivity contribution in [3.05, 3.63) is 53.9 Å². The Kier molecular flexibility index (Phi) is 4.99.